The summed E-state index contributed by atoms with van der Waals surface area (Å²) < 4.78 is 0. The minimum absolute atomic E-state index is 0.223. The predicted octanol–water partition coefficient (Wildman–Crippen LogP) is 4.23. The summed E-state index contributed by atoms with van der Waals surface area (Å²) in [6, 6.07) is 9.98. The molecule has 0 atom stereocenters. The Bertz CT molecular complexity index is 875. The van der Waals surface area contributed by atoms with Crippen molar-refractivity contribution in [2.45, 2.75) is 47.0 Å². The molecule has 2 aromatic heterocycles. The molecule has 28 heavy (non-hydrogen) atoms. The van der Waals surface area contributed by atoms with Gasteiger partial charge in [-0.3, -0.25) is 9.97 Å². The molecule has 0 saturated carbocycles. The van der Waals surface area contributed by atoms with Crippen molar-refractivity contribution in [3.63, 3.8) is 0 Å². The third-order valence-corrected chi connectivity index (χ3v) is 4.51. The van der Waals surface area contributed by atoms with Crippen LogP contribution in [0.25, 0.3) is 0 Å². The van der Waals surface area contributed by atoms with Gasteiger partial charge in [0.15, 0.2) is 0 Å². The molecule has 0 fully saturated rings. The standard InChI is InChI=1S/C22H28N4O2/c1-16-7-5-9-19(24-16)13-23-27-14-22(3,4)15-28-26-20-10-6-8-18-12-11-17(2)25-21(18)20/h5,7,9,11-13H,6,8,10,14-15H2,1-4H3. The van der Waals surface area contributed by atoms with Crippen LogP contribution in [0, 0.1) is 19.3 Å². The Labute approximate surface area is 166 Å². The average molecular weight is 380 g/mol. The van der Waals surface area contributed by atoms with E-state index in [2.05, 4.69) is 46.3 Å². The highest BCUT2D eigenvalue weighted by atomic mass is 16.6. The van der Waals surface area contributed by atoms with Crippen LogP contribution in [0.1, 0.15) is 55.0 Å². The molecule has 0 amide bonds. The summed E-state index contributed by atoms with van der Waals surface area (Å²) >= 11 is 0. The summed E-state index contributed by atoms with van der Waals surface area (Å²) in [6.07, 6.45) is 4.65. The van der Waals surface area contributed by atoms with Gasteiger partial charge >= 0.3 is 0 Å². The van der Waals surface area contributed by atoms with Crippen LogP contribution in [0.5, 0.6) is 0 Å². The molecule has 0 spiro atoms. The molecule has 1 aliphatic carbocycles. The molecule has 2 aromatic rings. The monoisotopic (exact) mass is 380 g/mol. The molecule has 0 N–H and O–H groups in total. The lowest BCUT2D eigenvalue weighted by Crippen LogP contribution is -2.24. The maximum Gasteiger partial charge on any atom is 0.125 e. The van der Waals surface area contributed by atoms with Gasteiger partial charge in [0.1, 0.15) is 18.9 Å². The molecule has 3 rings (SSSR count). The first-order valence-corrected chi connectivity index (χ1v) is 9.68. The summed E-state index contributed by atoms with van der Waals surface area (Å²) in [5.74, 6) is 0. The molecule has 6 nitrogen and oxygen atoms in total. The minimum Gasteiger partial charge on any atom is -0.395 e. The molecule has 2 heterocycles. The molecule has 0 unspecified atom stereocenters. The fraction of sp³-hybridized carbons (Fsp3) is 0.455. The summed E-state index contributed by atoms with van der Waals surface area (Å²) in [7, 11) is 0. The molecule has 0 aromatic carbocycles. The van der Waals surface area contributed by atoms with Gasteiger partial charge in [-0.25, -0.2) is 0 Å². The Kier molecular flexibility index (Phi) is 6.39. The first-order valence-electron chi connectivity index (χ1n) is 9.68. The van der Waals surface area contributed by atoms with E-state index in [4.69, 9.17) is 9.68 Å². The maximum atomic E-state index is 5.67. The van der Waals surface area contributed by atoms with E-state index in [1.807, 2.05) is 32.0 Å². The Balaban J connectivity index is 1.51. The van der Waals surface area contributed by atoms with Crippen molar-refractivity contribution in [1.82, 2.24) is 9.97 Å². The summed E-state index contributed by atoms with van der Waals surface area (Å²) in [4.78, 5) is 20.1. The largest absolute Gasteiger partial charge is 0.395 e. The second kappa shape index (κ2) is 8.95. The lowest BCUT2D eigenvalue weighted by atomic mass is 9.94. The second-order valence-electron chi connectivity index (χ2n) is 8.00. The van der Waals surface area contributed by atoms with Crippen molar-refractivity contribution in [2.75, 3.05) is 13.2 Å². The van der Waals surface area contributed by atoms with Crippen LogP contribution < -0.4 is 0 Å². The Hall–Kier alpha value is -2.76. The van der Waals surface area contributed by atoms with E-state index in [1.54, 1.807) is 6.21 Å². The number of hydrogen-bond acceptors (Lipinski definition) is 6. The van der Waals surface area contributed by atoms with E-state index in [-0.39, 0.29) is 5.41 Å². The van der Waals surface area contributed by atoms with Crippen molar-refractivity contribution >= 4 is 11.9 Å². The van der Waals surface area contributed by atoms with Crippen LogP contribution in [0.15, 0.2) is 40.6 Å². The first kappa shape index (κ1) is 20.0. The van der Waals surface area contributed by atoms with E-state index >= 15 is 0 Å². The van der Waals surface area contributed by atoms with Crippen LogP contribution in [0.4, 0.5) is 0 Å². The van der Waals surface area contributed by atoms with E-state index in [9.17, 15) is 0 Å². The topological polar surface area (TPSA) is 69.0 Å². The smallest absolute Gasteiger partial charge is 0.125 e. The van der Waals surface area contributed by atoms with E-state index in [0.29, 0.717) is 13.2 Å². The summed E-state index contributed by atoms with van der Waals surface area (Å²) in [5, 5.41) is 8.40. The number of hydrogen-bond donors (Lipinski definition) is 0. The summed E-state index contributed by atoms with van der Waals surface area (Å²) in [5.41, 5.74) is 5.67. The number of rotatable bonds is 7. The predicted molar refractivity (Wildman–Crippen MR) is 111 cm³/mol. The van der Waals surface area contributed by atoms with Crippen molar-refractivity contribution in [3.8, 4) is 0 Å². The third-order valence-electron chi connectivity index (χ3n) is 4.51. The molecule has 1 aliphatic rings. The fourth-order valence-corrected chi connectivity index (χ4v) is 2.96. The van der Waals surface area contributed by atoms with Gasteiger partial charge in [0.05, 0.1) is 17.6 Å². The quantitative estimate of drug-likeness (QED) is 0.532. The SMILES string of the molecule is Cc1cccc(C=NOCC(C)(C)CON=C2CCCc3ccc(C)nc32)n1. The lowest BCUT2D eigenvalue weighted by Gasteiger charge is -2.22. The first-order chi connectivity index (χ1) is 13.4. The number of aromatic nitrogens is 2. The molecule has 0 saturated heterocycles. The second-order valence-corrected chi connectivity index (χ2v) is 8.00. The highest BCUT2D eigenvalue weighted by Crippen LogP contribution is 2.22. The van der Waals surface area contributed by atoms with Crippen LogP contribution in [0.2, 0.25) is 0 Å². The summed E-state index contributed by atoms with van der Waals surface area (Å²) in [6.45, 7) is 8.93. The number of pyridine rings is 2. The Morgan fingerprint density at radius 1 is 1.00 bits per heavy atom. The molecule has 0 radical (unpaired) electrons. The molecule has 0 aliphatic heterocycles. The van der Waals surface area contributed by atoms with E-state index in [1.165, 1.54) is 5.56 Å². The van der Waals surface area contributed by atoms with Gasteiger partial charge in [-0.2, -0.15) is 0 Å². The number of fused-ring (bicyclic) bond motifs is 1. The van der Waals surface area contributed by atoms with Gasteiger partial charge in [-0.05, 0) is 56.9 Å². The molecule has 6 heteroatoms. The minimum atomic E-state index is -0.223. The van der Waals surface area contributed by atoms with Crippen LogP contribution in [-0.4, -0.2) is 35.1 Å². The zero-order valence-electron chi connectivity index (χ0n) is 17.1. The van der Waals surface area contributed by atoms with Crippen molar-refractivity contribution in [3.05, 3.63) is 58.7 Å². The van der Waals surface area contributed by atoms with Crippen LogP contribution >= 0.6 is 0 Å². The number of aryl methyl sites for hydroxylation is 3. The molecule has 0 bridgehead atoms. The van der Waals surface area contributed by atoms with Gasteiger partial charge in [0.25, 0.3) is 0 Å². The van der Waals surface area contributed by atoms with Gasteiger partial charge < -0.3 is 9.68 Å². The third kappa shape index (κ3) is 5.62. The van der Waals surface area contributed by atoms with E-state index in [0.717, 1.165) is 47.7 Å². The van der Waals surface area contributed by atoms with Gasteiger partial charge in [-0.1, -0.05) is 36.3 Å². The Morgan fingerprint density at radius 3 is 2.61 bits per heavy atom. The zero-order valence-corrected chi connectivity index (χ0v) is 17.1. The zero-order chi connectivity index (χ0) is 20.0. The highest BCUT2D eigenvalue weighted by molar-refractivity contribution is 6.00. The van der Waals surface area contributed by atoms with Gasteiger partial charge in [0, 0.05) is 16.8 Å². The van der Waals surface area contributed by atoms with Gasteiger partial charge in [-0.15, -0.1) is 0 Å². The highest BCUT2D eigenvalue weighted by Gasteiger charge is 2.22. The van der Waals surface area contributed by atoms with Crippen molar-refractivity contribution < 1.29 is 9.68 Å². The normalized spacial score (nSPS) is 15.6. The van der Waals surface area contributed by atoms with Gasteiger partial charge in [0.2, 0.25) is 0 Å². The van der Waals surface area contributed by atoms with Crippen molar-refractivity contribution in [1.29, 1.82) is 0 Å². The average Bonchev–Trinajstić information content (AvgIpc) is 2.65. The molecular weight excluding hydrogens is 352 g/mol. The van der Waals surface area contributed by atoms with Crippen LogP contribution in [0.3, 0.4) is 0 Å². The number of nitrogens with zero attached hydrogens (tertiary/aromatic N) is 4. The maximum absolute atomic E-state index is 5.67. The Morgan fingerprint density at radius 2 is 1.79 bits per heavy atom. The van der Waals surface area contributed by atoms with E-state index < -0.39 is 0 Å². The molecule has 148 valence electrons. The lowest BCUT2D eigenvalue weighted by molar-refractivity contribution is 0.000295. The van der Waals surface area contributed by atoms with Crippen LogP contribution in [-0.2, 0) is 16.1 Å². The fourth-order valence-electron chi connectivity index (χ4n) is 2.96. The number of oxime groups is 2. The molecular formula is C22H28N4O2. The van der Waals surface area contributed by atoms with Crippen molar-refractivity contribution in [2.24, 2.45) is 15.7 Å².